The summed E-state index contributed by atoms with van der Waals surface area (Å²) in [6.45, 7) is 1.64. The van der Waals surface area contributed by atoms with Crippen LogP contribution in [0.25, 0.3) is 6.08 Å². The highest BCUT2D eigenvalue weighted by molar-refractivity contribution is 5.79. The molecule has 0 saturated heterocycles. The fourth-order valence-corrected chi connectivity index (χ4v) is 1.75. The number of nitrogens with zero attached hydrogens (tertiary/aromatic N) is 1. The topological polar surface area (TPSA) is 108 Å². The first kappa shape index (κ1) is 14.8. The summed E-state index contributed by atoms with van der Waals surface area (Å²) in [6, 6.07) is 4.65. The lowest BCUT2D eigenvalue weighted by Gasteiger charge is -2.07. The molecule has 8 heteroatoms. The van der Waals surface area contributed by atoms with Crippen molar-refractivity contribution in [2.75, 3.05) is 13.4 Å². The number of carbonyl (C=O) groups is 1. The quantitative estimate of drug-likeness (QED) is 0.489. The number of esters is 1. The van der Waals surface area contributed by atoms with Gasteiger partial charge in [0.25, 0.3) is 5.70 Å². The number of aliphatic hydroxyl groups is 1. The second-order valence-corrected chi connectivity index (χ2v) is 4.09. The predicted molar refractivity (Wildman–Crippen MR) is 70.2 cm³/mol. The molecule has 1 atom stereocenters. The third-order valence-corrected chi connectivity index (χ3v) is 2.71. The summed E-state index contributed by atoms with van der Waals surface area (Å²) in [5, 5.41) is 20.7. The van der Waals surface area contributed by atoms with Gasteiger partial charge in [-0.15, -0.1) is 0 Å². The van der Waals surface area contributed by atoms with Gasteiger partial charge in [-0.1, -0.05) is 6.07 Å². The van der Waals surface area contributed by atoms with Crippen LogP contribution in [0.4, 0.5) is 0 Å². The number of rotatable bonds is 5. The Morgan fingerprint density at radius 1 is 1.52 bits per heavy atom. The molecule has 1 heterocycles. The molecule has 0 amide bonds. The van der Waals surface area contributed by atoms with Crippen LogP contribution in [-0.2, 0) is 9.53 Å². The summed E-state index contributed by atoms with van der Waals surface area (Å²) in [4.78, 5) is 21.6. The highest BCUT2D eigenvalue weighted by Gasteiger charge is 2.31. The lowest BCUT2D eigenvalue weighted by molar-refractivity contribution is -0.432. The first-order valence-electron chi connectivity index (χ1n) is 6.13. The van der Waals surface area contributed by atoms with Crippen LogP contribution >= 0.6 is 0 Å². The van der Waals surface area contributed by atoms with Gasteiger partial charge in [0.05, 0.1) is 11.5 Å². The van der Waals surface area contributed by atoms with Crippen molar-refractivity contribution in [1.29, 1.82) is 0 Å². The van der Waals surface area contributed by atoms with Gasteiger partial charge in [0.1, 0.15) is 0 Å². The number of hydrogen-bond donors (Lipinski definition) is 1. The van der Waals surface area contributed by atoms with Crippen LogP contribution in [0, 0.1) is 10.1 Å². The Kier molecular flexibility index (Phi) is 4.39. The van der Waals surface area contributed by atoms with Crippen molar-refractivity contribution < 1.29 is 29.0 Å². The predicted octanol–water partition coefficient (Wildman–Crippen LogP) is 0.957. The van der Waals surface area contributed by atoms with Gasteiger partial charge < -0.3 is 19.3 Å². The average Bonchev–Trinajstić information content (AvgIpc) is 2.91. The summed E-state index contributed by atoms with van der Waals surface area (Å²) >= 11 is 0. The molecular weight excluding hydrogens is 282 g/mol. The van der Waals surface area contributed by atoms with E-state index in [1.165, 1.54) is 13.0 Å². The zero-order valence-corrected chi connectivity index (χ0v) is 11.1. The van der Waals surface area contributed by atoms with Crippen molar-refractivity contribution in [2.24, 2.45) is 0 Å². The third-order valence-electron chi connectivity index (χ3n) is 2.71. The SMILES string of the molecule is CCOC(=O)C(O)/C(=C\c1ccc2c(c1)OCO2)[N+](=O)[O-]. The van der Waals surface area contributed by atoms with Gasteiger partial charge in [0, 0.05) is 6.08 Å². The van der Waals surface area contributed by atoms with E-state index >= 15 is 0 Å². The van der Waals surface area contributed by atoms with Crippen LogP contribution in [0.2, 0.25) is 0 Å². The normalized spacial score (nSPS) is 14.7. The van der Waals surface area contributed by atoms with Gasteiger partial charge in [0.15, 0.2) is 11.5 Å². The smallest absolute Gasteiger partial charge is 0.346 e. The van der Waals surface area contributed by atoms with Crippen LogP contribution in [0.5, 0.6) is 11.5 Å². The molecule has 1 N–H and O–H groups in total. The summed E-state index contributed by atoms with van der Waals surface area (Å²) in [5.74, 6) is -0.0981. The summed E-state index contributed by atoms with van der Waals surface area (Å²) < 4.78 is 14.8. The van der Waals surface area contributed by atoms with Crippen molar-refractivity contribution in [1.82, 2.24) is 0 Å². The van der Waals surface area contributed by atoms with Crippen molar-refractivity contribution >= 4 is 12.0 Å². The summed E-state index contributed by atoms with van der Waals surface area (Å²) in [5.41, 5.74) is -0.276. The molecule has 0 aromatic heterocycles. The Bertz CT molecular complexity index is 596. The van der Waals surface area contributed by atoms with Gasteiger partial charge in [-0.05, 0) is 24.6 Å². The van der Waals surface area contributed by atoms with Crippen LogP contribution in [0.1, 0.15) is 12.5 Å². The highest BCUT2D eigenvalue weighted by atomic mass is 16.7. The van der Waals surface area contributed by atoms with Crippen molar-refractivity contribution in [2.45, 2.75) is 13.0 Å². The van der Waals surface area contributed by atoms with E-state index in [4.69, 9.17) is 9.47 Å². The molecule has 0 radical (unpaired) electrons. The van der Waals surface area contributed by atoms with E-state index in [1.54, 1.807) is 12.1 Å². The monoisotopic (exact) mass is 295 g/mol. The molecule has 1 aliphatic heterocycles. The van der Waals surface area contributed by atoms with E-state index in [2.05, 4.69) is 4.74 Å². The van der Waals surface area contributed by atoms with E-state index in [9.17, 15) is 20.0 Å². The molecule has 0 fully saturated rings. The molecule has 1 aromatic rings. The molecule has 0 bridgehead atoms. The zero-order chi connectivity index (χ0) is 15.4. The molecular formula is C13H13NO7. The van der Waals surface area contributed by atoms with Crippen molar-refractivity contribution in [3.63, 3.8) is 0 Å². The van der Waals surface area contributed by atoms with Crippen molar-refractivity contribution in [3.05, 3.63) is 39.6 Å². The number of carbonyl (C=O) groups excluding carboxylic acids is 1. The van der Waals surface area contributed by atoms with Crippen LogP contribution in [-0.4, -0.2) is 35.5 Å². The Morgan fingerprint density at radius 2 is 2.24 bits per heavy atom. The first-order valence-corrected chi connectivity index (χ1v) is 6.13. The fourth-order valence-electron chi connectivity index (χ4n) is 1.75. The minimum absolute atomic E-state index is 0.0188. The lowest BCUT2D eigenvalue weighted by atomic mass is 10.1. The van der Waals surface area contributed by atoms with Gasteiger partial charge in [-0.3, -0.25) is 10.1 Å². The first-order chi connectivity index (χ1) is 10.0. The summed E-state index contributed by atoms with van der Waals surface area (Å²) in [7, 11) is 0. The maximum atomic E-state index is 11.4. The van der Waals surface area contributed by atoms with Crippen LogP contribution in [0.15, 0.2) is 23.9 Å². The average molecular weight is 295 g/mol. The largest absolute Gasteiger partial charge is 0.464 e. The maximum Gasteiger partial charge on any atom is 0.346 e. The van der Waals surface area contributed by atoms with Crippen LogP contribution < -0.4 is 9.47 Å². The van der Waals surface area contributed by atoms with Gasteiger partial charge in [-0.2, -0.15) is 0 Å². The Hall–Kier alpha value is -2.61. The molecule has 112 valence electrons. The van der Waals surface area contributed by atoms with E-state index < -0.39 is 22.7 Å². The second kappa shape index (κ2) is 6.23. The van der Waals surface area contributed by atoms with E-state index in [-0.39, 0.29) is 13.4 Å². The highest BCUT2D eigenvalue weighted by Crippen LogP contribution is 2.33. The molecule has 0 aliphatic carbocycles. The lowest BCUT2D eigenvalue weighted by Crippen LogP contribution is -2.28. The Labute approximate surface area is 119 Å². The third kappa shape index (κ3) is 3.29. The molecule has 21 heavy (non-hydrogen) atoms. The fraction of sp³-hybridized carbons (Fsp3) is 0.308. The Morgan fingerprint density at radius 3 is 2.90 bits per heavy atom. The molecule has 2 rings (SSSR count). The molecule has 0 spiro atoms. The molecule has 0 saturated carbocycles. The van der Waals surface area contributed by atoms with Gasteiger partial charge in [0.2, 0.25) is 12.9 Å². The molecule has 1 unspecified atom stereocenters. The number of hydrogen-bond acceptors (Lipinski definition) is 7. The number of aliphatic hydroxyl groups excluding tert-OH is 1. The zero-order valence-electron chi connectivity index (χ0n) is 11.1. The number of benzene rings is 1. The molecule has 8 nitrogen and oxygen atoms in total. The minimum Gasteiger partial charge on any atom is -0.464 e. The van der Waals surface area contributed by atoms with Crippen LogP contribution in [0.3, 0.4) is 0 Å². The number of ether oxygens (including phenoxy) is 3. The number of fused-ring (bicyclic) bond motifs is 1. The van der Waals surface area contributed by atoms with E-state index in [0.717, 1.165) is 6.08 Å². The van der Waals surface area contributed by atoms with Gasteiger partial charge in [-0.25, -0.2) is 4.79 Å². The molecule has 1 aromatic carbocycles. The van der Waals surface area contributed by atoms with Gasteiger partial charge >= 0.3 is 5.97 Å². The van der Waals surface area contributed by atoms with E-state index in [1.807, 2.05) is 0 Å². The minimum atomic E-state index is -1.95. The summed E-state index contributed by atoms with van der Waals surface area (Å²) in [6.07, 6.45) is -0.867. The Balaban J connectivity index is 2.29. The number of nitro groups is 1. The van der Waals surface area contributed by atoms with E-state index in [0.29, 0.717) is 17.1 Å². The van der Waals surface area contributed by atoms with Crippen molar-refractivity contribution in [3.8, 4) is 11.5 Å². The maximum absolute atomic E-state index is 11.4. The second-order valence-electron chi connectivity index (χ2n) is 4.09. The standard InChI is InChI=1S/C13H13NO7/c1-2-19-13(16)12(15)9(14(17)18)5-8-3-4-10-11(6-8)21-7-20-10/h3-6,12,15H,2,7H2,1H3/b9-5+. The molecule has 1 aliphatic rings.